The number of carbonyl (C=O) groups excluding carboxylic acids is 2. The zero-order valence-corrected chi connectivity index (χ0v) is 26.3. The molecule has 2 aliphatic rings. The number of aliphatic hydroxyl groups is 2. The van der Waals surface area contributed by atoms with Gasteiger partial charge in [-0.2, -0.15) is 0 Å². The van der Waals surface area contributed by atoms with E-state index in [0.29, 0.717) is 43.6 Å². The number of imidazole rings is 1. The van der Waals surface area contributed by atoms with E-state index in [1.165, 1.54) is 17.2 Å². The Hall–Kier alpha value is -1.84. The van der Waals surface area contributed by atoms with E-state index >= 15 is 0 Å². The van der Waals surface area contributed by atoms with Crippen LogP contribution in [0.25, 0.3) is 11.2 Å². The minimum absolute atomic E-state index is 0. The van der Waals surface area contributed by atoms with Crippen LogP contribution in [0, 0.1) is 0 Å². The predicted molar refractivity (Wildman–Crippen MR) is 143 cm³/mol. The number of aliphatic hydroxyl groups excluding tert-OH is 2. The molecule has 14 nitrogen and oxygen atoms in total. The van der Waals surface area contributed by atoms with Crippen LogP contribution in [0.4, 0.5) is 0 Å². The van der Waals surface area contributed by atoms with Crippen LogP contribution in [0.5, 0.6) is 0 Å². The first-order valence-corrected chi connectivity index (χ1v) is 13.9. The molecule has 6 N–H and O–H groups in total. The largest absolute Gasteiger partial charge is 2.00 e. The Morgan fingerprint density at radius 3 is 2.35 bits per heavy atom. The third kappa shape index (κ3) is 8.59. The average molecular weight is 633 g/mol. The van der Waals surface area contributed by atoms with E-state index in [1.54, 1.807) is 0 Å². The number of hydrogen-bond acceptors (Lipinski definition) is 11. The van der Waals surface area contributed by atoms with Gasteiger partial charge in [-0.05, 0) is 12.8 Å². The minimum atomic E-state index is -1.43. The summed E-state index contributed by atoms with van der Waals surface area (Å²) in [6, 6.07) is 0. The normalized spacial score (nSPS) is 24.6. The molecule has 0 spiro atoms. The van der Waals surface area contributed by atoms with Gasteiger partial charge in [0.15, 0.2) is 23.1 Å². The number of fused-ring (bicyclic) bond motifs is 1. The quantitative estimate of drug-likeness (QED) is 0.112. The Labute approximate surface area is 250 Å². The molecule has 2 aromatic heterocycles. The van der Waals surface area contributed by atoms with Crippen LogP contribution in [0.3, 0.4) is 0 Å². The maximum absolute atomic E-state index is 12.7. The van der Waals surface area contributed by atoms with Crippen molar-refractivity contribution in [1.82, 2.24) is 45.7 Å². The number of aromatic nitrogens is 4. The van der Waals surface area contributed by atoms with Gasteiger partial charge in [-0.1, -0.05) is 18.0 Å². The van der Waals surface area contributed by atoms with Crippen molar-refractivity contribution >= 4 is 34.6 Å². The Morgan fingerprint density at radius 2 is 1.65 bits per heavy atom. The van der Waals surface area contributed by atoms with E-state index in [1.807, 2.05) is 4.90 Å². The summed E-state index contributed by atoms with van der Waals surface area (Å²) in [7, 11) is 0. The van der Waals surface area contributed by atoms with Crippen molar-refractivity contribution in [3.8, 4) is 0 Å². The fourth-order valence-corrected chi connectivity index (χ4v) is 4.86. The van der Waals surface area contributed by atoms with Crippen molar-refractivity contribution in [2.24, 2.45) is 0 Å². The third-order valence-corrected chi connectivity index (χ3v) is 7.16. The van der Waals surface area contributed by atoms with Crippen molar-refractivity contribution < 1.29 is 44.0 Å². The number of nitrogens with zero attached hydrogens (tertiary/aromatic N) is 5. The molecular formula is C24H38ClN9O5Zn+2. The Bertz CT molecular complexity index is 1080. The summed E-state index contributed by atoms with van der Waals surface area (Å²) in [6.45, 7) is 6.83. The van der Waals surface area contributed by atoms with Crippen LogP contribution in [0.2, 0.25) is 5.15 Å². The van der Waals surface area contributed by atoms with Crippen molar-refractivity contribution in [1.29, 1.82) is 0 Å². The first-order chi connectivity index (χ1) is 19.0. The SMILES string of the molecule is O=C(NCCCCCC(=O)N1CCNCCNCCNCC1)[C@H]1O[C@@H](n2cnc3c(Cl)ncnc32)[C@H](O)[C@@H]1O.[Zn+2]. The number of ether oxygens (including phenoxy) is 1. The number of rotatable bonds is 8. The molecule has 16 heteroatoms. The summed E-state index contributed by atoms with van der Waals surface area (Å²) in [5.74, 6) is -0.384. The second-order valence-corrected chi connectivity index (χ2v) is 10.0. The summed E-state index contributed by atoms with van der Waals surface area (Å²) in [5, 5.41) is 34.0. The fourth-order valence-electron chi connectivity index (χ4n) is 4.68. The molecule has 4 heterocycles. The van der Waals surface area contributed by atoms with Crippen LogP contribution in [-0.4, -0.2) is 124 Å². The van der Waals surface area contributed by atoms with Gasteiger partial charge in [-0.3, -0.25) is 14.2 Å². The number of hydrogen-bond donors (Lipinski definition) is 6. The summed E-state index contributed by atoms with van der Waals surface area (Å²) >= 11 is 6.03. The molecule has 216 valence electrons. The molecular weight excluding hydrogens is 595 g/mol. The molecule has 2 aromatic rings. The molecule has 40 heavy (non-hydrogen) atoms. The molecule has 0 unspecified atom stereocenters. The molecule has 2 aliphatic heterocycles. The number of nitrogens with one attached hydrogen (secondary N) is 4. The monoisotopic (exact) mass is 631 g/mol. The van der Waals surface area contributed by atoms with E-state index < -0.39 is 30.4 Å². The van der Waals surface area contributed by atoms with E-state index in [4.69, 9.17) is 16.3 Å². The topological polar surface area (TPSA) is 179 Å². The van der Waals surface area contributed by atoms with Gasteiger partial charge in [-0.25, -0.2) is 15.0 Å². The molecule has 2 saturated heterocycles. The van der Waals surface area contributed by atoms with Gasteiger partial charge in [0.25, 0.3) is 5.91 Å². The van der Waals surface area contributed by atoms with E-state index in [-0.39, 0.29) is 30.5 Å². The maximum atomic E-state index is 12.7. The molecule has 4 atom stereocenters. The Morgan fingerprint density at radius 1 is 0.975 bits per heavy atom. The molecule has 0 saturated carbocycles. The number of carbonyl (C=O) groups is 2. The van der Waals surface area contributed by atoms with E-state index in [0.717, 1.165) is 52.1 Å². The molecule has 0 radical (unpaired) electrons. The third-order valence-electron chi connectivity index (χ3n) is 6.88. The van der Waals surface area contributed by atoms with Gasteiger partial charge >= 0.3 is 19.5 Å². The summed E-state index contributed by atoms with van der Waals surface area (Å²) < 4.78 is 7.13. The van der Waals surface area contributed by atoms with Crippen LogP contribution in [-0.2, 0) is 33.8 Å². The smallest absolute Gasteiger partial charge is 0.387 e. The zero-order chi connectivity index (χ0) is 27.6. The van der Waals surface area contributed by atoms with Crippen LogP contribution in [0.1, 0.15) is 31.9 Å². The molecule has 2 amide bonds. The van der Waals surface area contributed by atoms with Crippen LogP contribution in [0.15, 0.2) is 12.7 Å². The summed E-state index contributed by atoms with van der Waals surface area (Å²) in [4.78, 5) is 39.4. The van der Waals surface area contributed by atoms with Crippen LogP contribution < -0.4 is 21.3 Å². The van der Waals surface area contributed by atoms with Crippen molar-refractivity contribution in [2.75, 3.05) is 58.9 Å². The van der Waals surface area contributed by atoms with Gasteiger partial charge < -0.3 is 41.1 Å². The fraction of sp³-hybridized carbons (Fsp3) is 0.708. The molecule has 2 fully saturated rings. The van der Waals surface area contributed by atoms with Gasteiger partial charge in [-0.15, -0.1) is 0 Å². The van der Waals surface area contributed by atoms with E-state index in [9.17, 15) is 19.8 Å². The molecule has 0 aliphatic carbocycles. The second kappa shape index (κ2) is 16.6. The maximum Gasteiger partial charge on any atom is 2.00 e. The number of unbranched alkanes of at least 4 members (excludes halogenated alkanes) is 2. The average Bonchev–Trinajstić information content (AvgIpc) is 3.48. The van der Waals surface area contributed by atoms with Crippen molar-refractivity contribution in [3.05, 3.63) is 17.8 Å². The van der Waals surface area contributed by atoms with Crippen LogP contribution >= 0.6 is 11.6 Å². The summed E-state index contributed by atoms with van der Waals surface area (Å²) in [6.07, 6.45) is 0.125. The predicted octanol–water partition coefficient (Wildman–Crippen LogP) is -1.62. The molecule has 0 bridgehead atoms. The molecule has 4 rings (SSSR count). The first kappa shape index (κ1) is 32.7. The zero-order valence-electron chi connectivity index (χ0n) is 22.6. The van der Waals surface area contributed by atoms with Gasteiger partial charge in [0.2, 0.25) is 5.91 Å². The number of amides is 2. The van der Waals surface area contributed by atoms with Crippen molar-refractivity contribution in [2.45, 2.75) is 50.2 Å². The van der Waals surface area contributed by atoms with Gasteiger partial charge in [0.05, 0.1) is 6.33 Å². The Balaban J connectivity index is 0.00000441. The minimum Gasteiger partial charge on any atom is -0.387 e. The first-order valence-electron chi connectivity index (χ1n) is 13.5. The molecule has 0 aromatic carbocycles. The Kier molecular flexibility index (Phi) is 13.5. The van der Waals surface area contributed by atoms with Gasteiger partial charge in [0, 0.05) is 65.3 Å². The second-order valence-electron chi connectivity index (χ2n) is 9.65. The standard InChI is InChI=1S/C24H38ClN9O5.Zn/c25-21-17-22(31-14-30-21)34(15-32-17)24-19(37)18(36)20(39-24)23(38)29-5-3-1-2-4-16(35)33-12-10-27-8-6-26-7-9-28-11-13-33;/h14-15,18-20,24,26-28,36-37H,1-13H2,(H,29,38);/q;+2/t18-,19+,20-,24+;/m0./s1. The van der Waals surface area contributed by atoms with Crippen molar-refractivity contribution in [3.63, 3.8) is 0 Å². The number of halogens is 1. The van der Waals surface area contributed by atoms with E-state index in [2.05, 4.69) is 36.2 Å². The van der Waals surface area contributed by atoms with Gasteiger partial charge in [0.1, 0.15) is 24.1 Å². The summed E-state index contributed by atoms with van der Waals surface area (Å²) in [5.41, 5.74) is 0.643.